The first-order valence-electron chi connectivity index (χ1n) is 12.7. The fraction of sp³-hybridized carbons (Fsp3) is 0.500. The number of carbonyl (C=O) groups excluding carboxylic acids is 2. The zero-order chi connectivity index (χ0) is 23.9. The third-order valence-corrected chi connectivity index (χ3v) is 7.55. The van der Waals surface area contributed by atoms with E-state index in [0.29, 0.717) is 36.8 Å². The molecule has 0 aromatic heterocycles. The van der Waals surface area contributed by atoms with Crippen LogP contribution in [0.15, 0.2) is 46.9 Å². The predicted octanol–water partition coefficient (Wildman–Crippen LogP) is 5.77. The summed E-state index contributed by atoms with van der Waals surface area (Å²) >= 11 is 3.49. The Bertz CT molecular complexity index is 1010. The van der Waals surface area contributed by atoms with Crippen LogP contribution in [0.1, 0.15) is 83.7 Å². The summed E-state index contributed by atoms with van der Waals surface area (Å²) in [5.41, 5.74) is 3.28. The average Bonchev–Trinajstić information content (AvgIpc) is 3.15. The fourth-order valence-electron chi connectivity index (χ4n) is 5.19. The van der Waals surface area contributed by atoms with E-state index in [4.69, 9.17) is 0 Å². The van der Waals surface area contributed by atoms with Crippen LogP contribution in [-0.4, -0.2) is 47.3 Å². The van der Waals surface area contributed by atoms with Crippen molar-refractivity contribution in [3.05, 3.63) is 69.2 Å². The monoisotopic (exact) mass is 525 g/mol. The second-order valence-electron chi connectivity index (χ2n) is 9.60. The molecule has 1 N–H and O–H groups in total. The molecular weight excluding hydrogens is 490 g/mol. The molecule has 182 valence electrons. The molecule has 2 heterocycles. The third-order valence-electron chi connectivity index (χ3n) is 7.06. The van der Waals surface area contributed by atoms with E-state index in [9.17, 15) is 9.59 Å². The maximum atomic E-state index is 13.0. The summed E-state index contributed by atoms with van der Waals surface area (Å²) in [7, 11) is 0. The van der Waals surface area contributed by atoms with Crippen molar-refractivity contribution < 1.29 is 9.59 Å². The summed E-state index contributed by atoms with van der Waals surface area (Å²) < 4.78 is 1.00. The topological polar surface area (TPSA) is 52.7 Å². The molecule has 2 aliphatic heterocycles. The molecule has 0 saturated carbocycles. The Morgan fingerprint density at radius 1 is 1.15 bits per heavy atom. The maximum absolute atomic E-state index is 13.0. The van der Waals surface area contributed by atoms with Crippen molar-refractivity contribution >= 4 is 27.7 Å². The molecule has 4 rings (SSSR count). The van der Waals surface area contributed by atoms with E-state index >= 15 is 0 Å². The molecule has 1 atom stereocenters. The molecule has 6 heteroatoms. The van der Waals surface area contributed by atoms with Gasteiger partial charge < -0.3 is 15.1 Å². The molecule has 34 heavy (non-hydrogen) atoms. The quantitative estimate of drug-likeness (QED) is 0.400. The van der Waals surface area contributed by atoms with Crippen molar-refractivity contribution in [1.82, 2.24) is 15.1 Å². The summed E-state index contributed by atoms with van der Waals surface area (Å²) in [5.74, 6) is -0.102. The number of nitrogens with zero attached hydrogens (tertiary/aromatic N) is 2. The lowest BCUT2D eigenvalue weighted by molar-refractivity contribution is 0.0766. The van der Waals surface area contributed by atoms with Gasteiger partial charge in [-0.3, -0.25) is 9.59 Å². The van der Waals surface area contributed by atoms with Crippen molar-refractivity contribution in [2.45, 2.75) is 71.0 Å². The summed E-state index contributed by atoms with van der Waals surface area (Å²) in [4.78, 5) is 30.2. The van der Waals surface area contributed by atoms with Gasteiger partial charge in [-0.25, -0.2) is 0 Å². The number of unbranched alkanes of at least 4 members (excludes halogenated alkanes) is 1. The molecule has 1 saturated heterocycles. The lowest BCUT2D eigenvalue weighted by Gasteiger charge is -2.36. The Labute approximate surface area is 212 Å². The van der Waals surface area contributed by atoms with Gasteiger partial charge in [0.1, 0.15) is 0 Å². The summed E-state index contributed by atoms with van der Waals surface area (Å²) in [6, 6.07) is 14.3. The number of nitrogens with one attached hydrogen (secondary N) is 1. The third kappa shape index (κ3) is 6.28. The van der Waals surface area contributed by atoms with Crippen molar-refractivity contribution in [3.8, 4) is 0 Å². The van der Waals surface area contributed by atoms with Gasteiger partial charge in [-0.05, 0) is 67.6 Å². The van der Waals surface area contributed by atoms with E-state index in [1.54, 1.807) is 6.07 Å². The fourth-order valence-corrected chi connectivity index (χ4v) is 5.64. The van der Waals surface area contributed by atoms with Gasteiger partial charge in [0.25, 0.3) is 11.8 Å². The Morgan fingerprint density at radius 2 is 2.03 bits per heavy atom. The molecule has 1 fully saturated rings. The van der Waals surface area contributed by atoms with Crippen LogP contribution in [0.2, 0.25) is 0 Å². The zero-order valence-corrected chi connectivity index (χ0v) is 21.8. The van der Waals surface area contributed by atoms with E-state index < -0.39 is 0 Å². The van der Waals surface area contributed by atoms with Gasteiger partial charge in [0, 0.05) is 47.8 Å². The molecule has 0 radical (unpaired) electrons. The van der Waals surface area contributed by atoms with Crippen LogP contribution in [0.4, 0.5) is 0 Å². The van der Waals surface area contributed by atoms with Crippen molar-refractivity contribution in [1.29, 1.82) is 0 Å². The molecular formula is C28H36BrN3O2. The van der Waals surface area contributed by atoms with Crippen molar-refractivity contribution in [2.24, 2.45) is 0 Å². The molecule has 1 unspecified atom stereocenters. The SMILES string of the molecule is CCCCC1CCCCN1CCCNC(=O)c1ccc2c(c1)C(=O)N(Cc1cccc(Br)c1)C2. The zero-order valence-electron chi connectivity index (χ0n) is 20.2. The molecule has 0 aliphatic carbocycles. The van der Waals surface area contributed by atoms with Gasteiger partial charge in [0.2, 0.25) is 0 Å². The Kier molecular flexibility index (Phi) is 8.79. The number of hydrogen-bond donors (Lipinski definition) is 1. The van der Waals surface area contributed by atoms with Crippen LogP contribution in [0.3, 0.4) is 0 Å². The number of benzene rings is 2. The van der Waals surface area contributed by atoms with Crippen LogP contribution in [0.25, 0.3) is 0 Å². The summed E-state index contributed by atoms with van der Waals surface area (Å²) in [5, 5.41) is 3.06. The summed E-state index contributed by atoms with van der Waals surface area (Å²) in [6.07, 6.45) is 8.76. The number of fused-ring (bicyclic) bond motifs is 1. The Balaban J connectivity index is 1.27. The van der Waals surface area contributed by atoms with E-state index in [2.05, 4.69) is 33.1 Å². The molecule has 0 bridgehead atoms. The minimum atomic E-state index is -0.0952. The van der Waals surface area contributed by atoms with E-state index in [-0.39, 0.29) is 11.8 Å². The highest BCUT2D eigenvalue weighted by molar-refractivity contribution is 9.10. The first-order valence-corrected chi connectivity index (χ1v) is 13.5. The minimum Gasteiger partial charge on any atom is -0.352 e. The standard InChI is InChI=1S/C28H36BrN3O2/c1-2-3-10-25-11-4-5-15-31(25)16-7-14-30-27(33)22-12-13-23-20-32(28(34)26(23)18-22)19-21-8-6-9-24(29)17-21/h6,8-9,12-13,17-18,25H,2-5,7,10-11,14-16,19-20H2,1H3,(H,30,33). The normalized spacial score (nSPS) is 18.2. The lowest BCUT2D eigenvalue weighted by Crippen LogP contribution is -2.41. The molecule has 2 aromatic carbocycles. The first-order chi connectivity index (χ1) is 16.5. The number of carbonyl (C=O) groups is 2. The van der Waals surface area contributed by atoms with Gasteiger partial charge in [0.05, 0.1) is 0 Å². The number of likely N-dealkylation sites (tertiary alicyclic amines) is 1. The molecule has 2 amide bonds. The summed E-state index contributed by atoms with van der Waals surface area (Å²) in [6.45, 7) is 6.29. The highest BCUT2D eigenvalue weighted by Gasteiger charge is 2.28. The van der Waals surface area contributed by atoms with Gasteiger partial charge in [-0.15, -0.1) is 0 Å². The first kappa shape index (κ1) is 24.9. The highest BCUT2D eigenvalue weighted by Crippen LogP contribution is 2.26. The second kappa shape index (κ2) is 12.0. The lowest BCUT2D eigenvalue weighted by atomic mass is 9.97. The van der Waals surface area contributed by atoms with Crippen LogP contribution in [-0.2, 0) is 13.1 Å². The second-order valence-corrected chi connectivity index (χ2v) is 10.5. The minimum absolute atomic E-state index is 0.00662. The average molecular weight is 527 g/mol. The van der Waals surface area contributed by atoms with E-state index in [1.165, 1.54) is 45.1 Å². The van der Waals surface area contributed by atoms with E-state index in [1.807, 2.05) is 41.3 Å². The smallest absolute Gasteiger partial charge is 0.254 e. The van der Waals surface area contributed by atoms with Crippen LogP contribution in [0.5, 0.6) is 0 Å². The number of piperidine rings is 1. The molecule has 0 spiro atoms. The maximum Gasteiger partial charge on any atom is 0.254 e. The van der Waals surface area contributed by atoms with E-state index in [0.717, 1.165) is 28.6 Å². The predicted molar refractivity (Wildman–Crippen MR) is 140 cm³/mol. The van der Waals surface area contributed by atoms with Gasteiger partial charge >= 0.3 is 0 Å². The number of halogens is 1. The Morgan fingerprint density at radius 3 is 2.85 bits per heavy atom. The number of amides is 2. The number of rotatable bonds is 10. The molecule has 5 nitrogen and oxygen atoms in total. The van der Waals surface area contributed by atoms with Gasteiger partial charge in [0.15, 0.2) is 0 Å². The van der Waals surface area contributed by atoms with Gasteiger partial charge in [-0.1, -0.05) is 60.3 Å². The molecule has 2 aromatic rings. The molecule has 2 aliphatic rings. The van der Waals surface area contributed by atoms with Crippen LogP contribution in [0, 0.1) is 0 Å². The Hall–Kier alpha value is -2.18. The van der Waals surface area contributed by atoms with Crippen molar-refractivity contribution in [3.63, 3.8) is 0 Å². The van der Waals surface area contributed by atoms with Crippen molar-refractivity contribution in [2.75, 3.05) is 19.6 Å². The highest BCUT2D eigenvalue weighted by atomic mass is 79.9. The van der Waals surface area contributed by atoms with Crippen LogP contribution >= 0.6 is 15.9 Å². The largest absolute Gasteiger partial charge is 0.352 e. The van der Waals surface area contributed by atoms with Crippen LogP contribution < -0.4 is 5.32 Å². The number of hydrogen-bond acceptors (Lipinski definition) is 3. The van der Waals surface area contributed by atoms with Gasteiger partial charge in [-0.2, -0.15) is 0 Å².